The summed E-state index contributed by atoms with van der Waals surface area (Å²) in [5.41, 5.74) is 3.35. The monoisotopic (exact) mass is 375 g/mol. The smallest absolute Gasteiger partial charge is 0.152 e. The molecule has 0 aliphatic heterocycles. The quantitative estimate of drug-likeness (QED) is 0.357. The molecular formula is C12H15IN3OP. The van der Waals surface area contributed by atoms with Crippen LogP contribution in [0, 0.1) is 18.3 Å². The molecule has 0 aromatic carbocycles. The Morgan fingerprint density at radius 1 is 1.67 bits per heavy atom. The molecule has 96 valence electrons. The van der Waals surface area contributed by atoms with E-state index in [0.717, 1.165) is 30.5 Å². The van der Waals surface area contributed by atoms with Crippen molar-refractivity contribution in [2.45, 2.75) is 26.2 Å². The van der Waals surface area contributed by atoms with Gasteiger partial charge < -0.3 is 10.5 Å². The Hall–Kier alpha value is -0.550. The molecule has 1 fully saturated rings. The average Bonchev–Trinajstić information content (AvgIpc) is 2.28. The maximum atomic E-state index is 11.1. The van der Waals surface area contributed by atoms with E-state index in [1.165, 1.54) is 6.42 Å². The van der Waals surface area contributed by atoms with Crippen LogP contribution in [0.3, 0.4) is 0 Å². The number of rotatable bonds is 5. The Bertz CT molecular complexity index is 488. The SMILES string of the molecule is Cc1cc(C=O)c(NPI)c(C(=N)C2CCC2)n1. The molecule has 0 radical (unpaired) electrons. The van der Waals surface area contributed by atoms with E-state index in [1.54, 1.807) is 6.07 Å². The summed E-state index contributed by atoms with van der Waals surface area (Å²) in [7, 11) is 0. The highest BCUT2D eigenvalue weighted by Gasteiger charge is 2.26. The van der Waals surface area contributed by atoms with Crippen LogP contribution in [0.15, 0.2) is 6.07 Å². The van der Waals surface area contributed by atoms with Gasteiger partial charge in [0, 0.05) is 23.5 Å². The first-order valence-electron chi connectivity index (χ1n) is 5.84. The summed E-state index contributed by atoms with van der Waals surface area (Å²) in [5, 5.41) is 11.4. The molecule has 1 heterocycles. The minimum atomic E-state index is 0.317. The molecule has 18 heavy (non-hydrogen) atoms. The Morgan fingerprint density at radius 2 is 2.39 bits per heavy atom. The third kappa shape index (κ3) is 2.72. The summed E-state index contributed by atoms with van der Waals surface area (Å²) in [4.78, 5) is 15.6. The van der Waals surface area contributed by atoms with Crippen molar-refractivity contribution >= 4 is 46.1 Å². The van der Waals surface area contributed by atoms with Gasteiger partial charge in [-0.2, -0.15) is 0 Å². The molecule has 0 spiro atoms. The molecule has 1 aromatic heterocycles. The van der Waals surface area contributed by atoms with Crippen LogP contribution in [-0.2, 0) is 0 Å². The van der Waals surface area contributed by atoms with Crippen LogP contribution in [0.25, 0.3) is 0 Å². The standard InChI is InChI=1S/C12H15IN3OP/c1-7-5-9(6-17)11(16-18-13)12(15-7)10(14)8-3-2-4-8/h5-6,8,14,16,18H,2-4H2,1H3. The van der Waals surface area contributed by atoms with Gasteiger partial charge >= 0.3 is 0 Å². The van der Waals surface area contributed by atoms with Crippen LogP contribution < -0.4 is 5.09 Å². The van der Waals surface area contributed by atoms with Gasteiger partial charge in [0.1, 0.15) is 5.69 Å². The predicted octanol–water partition coefficient (Wildman–Crippen LogP) is 3.73. The highest BCUT2D eigenvalue weighted by molar-refractivity contribution is 14.2. The minimum absolute atomic E-state index is 0.317. The molecule has 6 heteroatoms. The Balaban J connectivity index is 2.45. The van der Waals surface area contributed by atoms with E-state index in [1.807, 2.05) is 6.92 Å². The number of aryl methyl sites for hydroxylation is 1. The predicted molar refractivity (Wildman–Crippen MR) is 84.5 cm³/mol. The number of anilines is 1. The third-order valence-electron chi connectivity index (χ3n) is 3.25. The highest BCUT2D eigenvalue weighted by Crippen LogP contribution is 2.34. The molecule has 1 atom stereocenters. The molecule has 0 amide bonds. The Morgan fingerprint density at radius 3 is 2.89 bits per heavy atom. The van der Waals surface area contributed by atoms with Gasteiger partial charge in [0.25, 0.3) is 0 Å². The number of halogens is 1. The number of nitrogens with zero attached hydrogens (tertiary/aromatic N) is 1. The molecule has 1 saturated carbocycles. The van der Waals surface area contributed by atoms with Crippen LogP contribution in [0.1, 0.15) is 41.0 Å². The number of aromatic nitrogens is 1. The zero-order valence-electron chi connectivity index (χ0n) is 10.1. The van der Waals surface area contributed by atoms with E-state index in [9.17, 15) is 4.79 Å². The van der Waals surface area contributed by atoms with Crippen molar-refractivity contribution in [3.05, 3.63) is 23.0 Å². The summed E-state index contributed by atoms with van der Waals surface area (Å²) in [6.45, 7) is 1.86. The fraction of sp³-hybridized carbons (Fsp3) is 0.417. The third-order valence-corrected chi connectivity index (χ3v) is 4.40. The number of carbonyl (C=O) groups excluding carboxylic acids is 1. The first-order valence-corrected chi connectivity index (χ1v) is 9.96. The zero-order chi connectivity index (χ0) is 13.1. The first kappa shape index (κ1) is 13.9. The molecule has 1 aliphatic carbocycles. The van der Waals surface area contributed by atoms with E-state index in [0.29, 0.717) is 29.3 Å². The van der Waals surface area contributed by atoms with Gasteiger partial charge in [-0.15, -0.1) is 0 Å². The van der Waals surface area contributed by atoms with Gasteiger partial charge in [-0.3, -0.25) is 4.79 Å². The molecule has 1 aromatic rings. The second kappa shape index (κ2) is 6.06. The largest absolute Gasteiger partial charge is 0.356 e. The average molecular weight is 375 g/mol. The van der Waals surface area contributed by atoms with Gasteiger partial charge in [0.15, 0.2) is 6.29 Å². The van der Waals surface area contributed by atoms with Crippen LogP contribution in [-0.4, -0.2) is 17.0 Å². The molecule has 2 N–H and O–H groups in total. The highest BCUT2D eigenvalue weighted by atomic mass is 127. The van der Waals surface area contributed by atoms with E-state index in [2.05, 4.69) is 32.1 Å². The van der Waals surface area contributed by atoms with Crippen molar-refractivity contribution < 1.29 is 4.79 Å². The minimum Gasteiger partial charge on any atom is -0.356 e. The summed E-state index contributed by atoms with van der Waals surface area (Å²) in [6.07, 6.45) is 4.62. The number of hydrogen-bond acceptors (Lipinski definition) is 4. The van der Waals surface area contributed by atoms with Gasteiger partial charge in [-0.05, 0) is 47.9 Å². The normalized spacial score (nSPS) is 15.7. The number of carbonyl (C=O) groups is 1. The van der Waals surface area contributed by atoms with Crippen molar-refractivity contribution in [3.63, 3.8) is 0 Å². The summed E-state index contributed by atoms with van der Waals surface area (Å²) in [5.74, 6) is 0.317. The molecule has 2 rings (SSSR count). The van der Waals surface area contributed by atoms with Crippen molar-refractivity contribution in [2.75, 3.05) is 5.09 Å². The van der Waals surface area contributed by atoms with E-state index >= 15 is 0 Å². The van der Waals surface area contributed by atoms with Crippen molar-refractivity contribution in [2.24, 2.45) is 5.92 Å². The topological polar surface area (TPSA) is 65.8 Å². The second-order valence-corrected chi connectivity index (χ2v) is 6.51. The van der Waals surface area contributed by atoms with Crippen LogP contribution in [0.4, 0.5) is 5.69 Å². The lowest BCUT2D eigenvalue weighted by Crippen LogP contribution is -2.24. The lowest BCUT2D eigenvalue weighted by atomic mass is 9.80. The van der Waals surface area contributed by atoms with Gasteiger partial charge in [-0.1, -0.05) is 6.42 Å². The van der Waals surface area contributed by atoms with E-state index in [4.69, 9.17) is 5.41 Å². The second-order valence-electron chi connectivity index (χ2n) is 4.46. The van der Waals surface area contributed by atoms with E-state index < -0.39 is 0 Å². The summed E-state index contributed by atoms with van der Waals surface area (Å²) in [6, 6.07) is 1.77. The van der Waals surface area contributed by atoms with Gasteiger partial charge in [0.2, 0.25) is 0 Å². The summed E-state index contributed by atoms with van der Waals surface area (Å²) >= 11 is 2.22. The zero-order valence-corrected chi connectivity index (χ0v) is 13.2. The van der Waals surface area contributed by atoms with Crippen molar-refractivity contribution in [1.29, 1.82) is 5.41 Å². The number of pyridine rings is 1. The fourth-order valence-corrected chi connectivity index (χ4v) is 3.22. The van der Waals surface area contributed by atoms with Gasteiger partial charge in [-0.25, -0.2) is 4.98 Å². The lowest BCUT2D eigenvalue weighted by Gasteiger charge is -2.27. The molecule has 0 saturated heterocycles. The van der Waals surface area contributed by atoms with E-state index in [-0.39, 0.29) is 0 Å². The van der Waals surface area contributed by atoms with Crippen molar-refractivity contribution in [3.8, 4) is 0 Å². The number of hydrogen-bond donors (Lipinski definition) is 2. The lowest BCUT2D eigenvalue weighted by molar-refractivity contribution is 0.112. The maximum absolute atomic E-state index is 11.1. The molecule has 1 unspecified atom stereocenters. The molecular weight excluding hydrogens is 360 g/mol. The summed E-state index contributed by atoms with van der Waals surface area (Å²) < 4.78 is 0. The van der Waals surface area contributed by atoms with Crippen LogP contribution in [0.2, 0.25) is 0 Å². The number of nitrogens with one attached hydrogen (secondary N) is 2. The Kier molecular flexibility index (Phi) is 4.67. The van der Waals surface area contributed by atoms with Crippen LogP contribution in [0.5, 0.6) is 0 Å². The fourth-order valence-electron chi connectivity index (χ4n) is 2.06. The molecule has 4 nitrogen and oxygen atoms in total. The van der Waals surface area contributed by atoms with Crippen LogP contribution >= 0.6 is 28.4 Å². The molecule has 0 bridgehead atoms. The van der Waals surface area contributed by atoms with Crippen molar-refractivity contribution in [1.82, 2.24) is 4.98 Å². The molecule has 1 aliphatic rings. The Labute approximate surface area is 121 Å². The van der Waals surface area contributed by atoms with Gasteiger partial charge in [0.05, 0.1) is 11.4 Å². The number of aldehydes is 1. The maximum Gasteiger partial charge on any atom is 0.152 e. The first-order chi connectivity index (χ1) is 8.67.